The molecular weight excluding hydrogens is 254 g/mol. The van der Waals surface area contributed by atoms with Gasteiger partial charge in [-0.15, -0.1) is 0 Å². The van der Waals surface area contributed by atoms with Gasteiger partial charge in [-0.25, -0.2) is 0 Å². The van der Waals surface area contributed by atoms with Crippen molar-refractivity contribution in [1.82, 2.24) is 5.32 Å². The van der Waals surface area contributed by atoms with Gasteiger partial charge in [-0.05, 0) is 48.8 Å². The van der Waals surface area contributed by atoms with E-state index < -0.39 is 0 Å². The van der Waals surface area contributed by atoms with Gasteiger partial charge in [-0.3, -0.25) is 0 Å². The van der Waals surface area contributed by atoms with Gasteiger partial charge < -0.3 is 5.32 Å². The topological polar surface area (TPSA) is 12.0 Å². The van der Waals surface area contributed by atoms with Crippen molar-refractivity contribution < 1.29 is 0 Å². The highest BCUT2D eigenvalue weighted by Gasteiger charge is 2.32. The third-order valence-corrected chi connectivity index (χ3v) is 5.06. The van der Waals surface area contributed by atoms with E-state index in [4.69, 9.17) is 11.6 Å². The van der Waals surface area contributed by atoms with Gasteiger partial charge in [0.15, 0.2) is 0 Å². The SMILES string of the molecule is CCC(NC1CCC(CC)C1C)c1cccc(Cl)c1. The van der Waals surface area contributed by atoms with E-state index in [1.54, 1.807) is 0 Å². The van der Waals surface area contributed by atoms with Gasteiger partial charge in [-0.2, -0.15) is 0 Å². The number of hydrogen-bond acceptors (Lipinski definition) is 1. The van der Waals surface area contributed by atoms with Crippen LogP contribution in [0.2, 0.25) is 5.02 Å². The zero-order chi connectivity index (χ0) is 13.8. The molecule has 1 saturated carbocycles. The molecule has 0 bridgehead atoms. The maximum atomic E-state index is 6.11. The summed E-state index contributed by atoms with van der Waals surface area (Å²) >= 11 is 6.11. The highest BCUT2D eigenvalue weighted by atomic mass is 35.5. The molecule has 2 heteroatoms. The van der Waals surface area contributed by atoms with Crippen molar-refractivity contribution in [2.75, 3.05) is 0 Å². The quantitative estimate of drug-likeness (QED) is 0.781. The molecule has 1 aromatic carbocycles. The van der Waals surface area contributed by atoms with Crippen molar-refractivity contribution in [2.45, 2.75) is 58.5 Å². The molecule has 1 aliphatic carbocycles. The lowest BCUT2D eigenvalue weighted by molar-refractivity contribution is 0.318. The van der Waals surface area contributed by atoms with Crippen molar-refractivity contribution in [2.24, 2.45) is 11.8 Å². The molecule has 19 heavy (non-hydrogen) atoms. The van der Waals surface area contributed by atoms with Crippen LogP contribution < -0.4 is 5.32 Å². The van der Waals surface area contributed by atoms with Crippen LogP contribution in [0.15, 0.2) is 24.3 Å². The minimum absolute atomic E-state index is 0.432. The maximum absolute atomic E-state index is 6.11. The fourth-order valence-corrected chi connectivity index (χ4v) is 3.69. The molecule has 1 nitrogen and oxygen atoms in total. The number of hydrogen-bond donors (Lipinski definition) is 1. The zero-order valence-corrected chi connectivity index (χ0v) is 13.1. The predicted octanol–water partition coefficient (Wildman–Crippen LogP) is 5.21. The summed E-state index contributed by atoms with van der Waals surface area (Å²) in [6, 6.07) is 9.37. The summed E-state index contributed by atoms with van der Waals surface area (Å²) in [7, 11) is 0. The van der Waals surface area contributed by atoms with Gasteiger partial charge in [0.25, 0.3) is 0 Å². The van der Waals surface area contributed by atoms with Crippen molar-refractivity contribution in [3.05, 3.63) is 34.9 Å². The molecule has 0 amide bonds. The van der Waals surface area contributed by atoms with E-state index in [0.717, 1.165) is 23.3 Å². The third-order valence-electron chi connectivity index (χ3n) is 4.83. The first-order valence-electron chi connectivity index (χ1n) is 7.67. The highest BCUT2D eigenvalue weighted by molar-refractivity contribution is 6.30. The van der Waals surface area contributed by atoms with Gasteiger partial charge in [0.1, 0.15) is 0 Å². The van der Waals surface area contributed by atoms with Crippen LogP contribution in [0, 0.1) is 11.8 Å². The Bertz CT molecular complexity index is 404. The molecule has 1 aromatic rings. The summed E-state index contributed by atoms with van der Waals surface area (Å²) in [6.07, 6.45) is 5.12. The zero-order valence-electron chi connectivity index (χ0n) is 12.3. The van der Waals surface area contributed by atoms with E-state index in [9.17, 15) is 0 Å². The maximum Gasteiger partial charge on any atom is 0.0409 e. The summed E-state index contributed by atoms with van der Waals surface area (Å²) in [5.41, 5.74) is 1.32. The molecule has 1 fully saturated rings. The smallest absolute Gasteiger partial charge is 0.0409 e. The predicted molar refractivity (Wildman–Crippen MR) is 83.6 cm³/mol. The first-order valence-corrected chi connectivity index (χ1v) is 8.05. The Labute approximate surface area is 122 Å². The molecule has 0 spiro atoms. The van der Waals surface area contributed by atoms with Gasteiger partial charge in [0, 0.05) is 17.1 Å². The fraction of sp³-hybridized carbons (Fsp3) is 0.647. The van der Waals surface area contributed by atoms with Gasteiger partial charge in [0.05, 0.1) is 0 Å². The van der Waals surface area contributed by atoms with Crippen LogP contribution in [0.25, 0.3) is 0 Å². The second-order valence-corrected chi connectivity index (χ2v) is 6.33. The first-order chi connectivity index (χ1) is 9.15. The Balaban J connectivity index is 2.04. The monoisotopic (exact) mass is 279 g/mol. The Morgan fingerprint density at radius 1 is 1.32 bits per heavy atom. The van der Waals surface area contributed by atoms with Crippen LogP contribution in [0.1, 0.15) is 58.1 Å². The van der Waals surface area contributed by atoms with Crippen LogP contribution in [-0.4, -0.2) is 6.04 Å². The number of halogens is 1. The van der Waals surface area contributed by atoms with Crippen LogP contribution >= 0.6 is 11.6 Å². The molecule has 0 saturated heterocycles. The largest absolute Gasteiger partial charge is 0.307 e. The van der Waals surface area contributed by atoms with E-state index in [1.165, 1.54) is 24.8 Å². The van der Waals surface area contributed by atoms with Gasteiger partial charge in [-0.1, -0.05) is 50.9 Å². The fourth-order valence-electron chi connectivity index (χ4n) is 3.49. The minimum Gasteiger partial charge on any atom is -0.307 e. The molecule has 106 valence electrons. The molecule has 2 rings (SSSR count). The molecule has 4 unspecified atom stereocenters. The molecule has 0 radical (unpaired) electrons. The second kappa shape index (κ2) is 6.76. The van der Waals surface area contributed by atoms with Crippen LogP contribution in [0.3, 0.4) is 0 Å². The van der Waals surface area contributed by atoms with E-state index in [2.05, 4.69) is 44.3 Å². The Morgan fingerprint density at radius 2 is 2.11 bits per heavy atom. The van der Waals surface area contributed by atoms with E-state index in [1.807, 2.05) is 6.07 Å². The van der Waals surface area contributed by atoms with Crippen molar-refractivity contribution in [3.63, 3.8) is 0 Å². The van der Waals surface area contributed by atoms with Gasteiger partial charge >= 0.3 is 0 Å². The van der Waals surface area contributed by atoms with Gasteiger partial charge in [0.2, 0.25) is 0 Å². The molecule has 1 N–H and O–H groups in total. The summed E-state index contributed by atoms with van der Waals surface area (Å²) in [4.78, 5) is 0. The molecular formula is C17H26ClN. The van der Waals surface area contributed by atoms with Crippen molar-refractivity contribution in [1.29, 1.82) is 0 Å². The van der Waals surface area contributed by atoms with Crippen LogP contribution in [-0.2, 0) is 0 Å². The summed E-state index contributed by atoms with van der Waals surface area (Å²) in [5.74, 6) is 1.69. The van der Waals surface area contributed by atoms with Crippen molar-refractivity contribution >= 4 is 11.6 Å². The number of nitrogens with one attached hydrogen (secondary N) is 1. The molecule has 0 aliphatic heterocycles. The molecule has 0 aromatic heterocycles. The van der Waals surface area contributed by atoms with Crippen LogP contribution in [0.4, 0.5) is 0 Å². The molecule has 1 aliphatic rings. The lowest BCUT2D eigenvalue weighted by atomic mass is 9.92. The Hall–Kier alpha value is -0.530. The molecule has 4 atom stereocenters. The minimum atomic E-state index is 0.432. The molecule has 0 heterocycles. The average molecular weight is 280 g/mol. The van der Waals surface area contributed by atoms with E-state index >= 15 is 0 Å². The summed E-state index contributed by atoms with van der Waals surface area (Å²) < 4.78 is 0. The number of benzene rings is 1. The van der Waals surface area contributed by atoms with E-state index in [-0.39, 0.29) is 0 Å². The second-order valence-electron chi connectivity index (χ2n) is 5.89. The summed E-state index contributed by atoms with van der Waals surface area (Å²) in [5, 5.41) is 4.70. The summed E-state index contributed by atoms with van der Waals surface area (Å²) in [6.45, 7) is 6.97. The lowest BCUT2D eigenvalue weighted by Crippen LogP contribution is -2.35. The average Bonchev–Trinajstić information content (AvgIpc) is 2.76. The van der Waals surface area contributed by atoms with Crippen LogP contribution in [0.5, 0.6) is 0 Å². The highest BCUT2D eigenvalue weighted by Crippen LogP contribution is 2.35. The Kier molecular flexibility index (Phi) is 5.29. The standard InChI is InChI=1S/C17H26ClN/c1-4-13-9-10-17(12(13)3)19-16(5-2)14-7-6-8-15(18)11-14/h6-8,11-13,16-17,19H,4-5,9-10H2,1-3H3. The van der Waals surface area contributed by atoms with E-state index in [0.29, 0.717) is 12.1 Å². The number of rotatable bonds is 5. The normalized spacial score (nSPS) is 28.5. The lowest BCUT2D eigenvalue weighted by Gasteiger charge is -2.27. The van der Waals surface area contributed by atoms with Crippen molar-refractivity contribution in [3.8, 4) is 0 Å². The Morgan fingerprint density at radius 3 is 2.68 bits per heavy atom. The third kappa shape index (κ3) is 3.52. The first kappa shape index (κ1) is 14.9.